The summed E-state index contributed by atoms with van der Waals surface area (Å²) in [5.74, 6) is -1.10. The summed E-state index contributed by atoms with van der Waals surface area (Å²) in [5.41, 5.74) is 5.47. The van der Waals surface area contributed by atoms with Gasteiger partial charge < -0.3 is 15.7 Å². The lowest BCUT2D eigenvalue weighted by molar-refractivity contribution is -0.157. The Kier molecular flexibility index (Phi) is 3.70. The number of aliphatic carboxylic acids is 1. The average Bonchev–Trinajstić information content (AvgIpc) is 3.21. The van der Waals surface area contributed by atoms with E-state index < -0.39 is 16.9 Å². The zero-order valence-corrected chi connectivity index (χ0v) is 12.7. The molecule has 2 rings (SSSR count). The molecule has 0 aliphatic heterocycles. The molecule has 1 fully saturated rings. The SMILES string of the molecule is CCN(C(=O)C1(c2ccc(N)cc2)CC1)C(C)(C)C(=O)O. The lowest BCUT2D eigenvalue weighted by Gasteiger charge is -2.37. The van der Waals surface area contributed by atoms with Gasteiger partial charge in [-0.2, -0.15) is 0 Å². The van der Waals surface area contributed by atoms with Crippen LogP contribution in [0, 0.1) is 0 Å². The molecule has 0 heterocycles. The third-order valence-corrected chi connectivity index (χ3v) is 4.38. The third-order valence-electron chi connectivity index (χ3n) is 4.38. The van der Waals surface area contributed by atoms with Gasteiger partial charge in [0.15, 0.2) is 0 Å². The maximum absolute atomic E-state index is 12.9. The minimum atomic E-state index is -1.21. The summed E-state index contributed by atoms with van der Waals surface area (Å²) in [6, 6.07) is 7.28. The van der Waals surface area contributed by atoms with E-state index >= 15 is 0 Å². The summed E-state index contributed by atoms with van der Waals surface area (Å²) < 4.78 is 0. The van der Waals surface area contributed by atoms with Crippen LogP contribution in [0.1, 0.15) is 39.2 Å². The zero-order chi connectivity index (χ0) is 15.8. The number of carbonyl (C=O) groups is 2. The first kappa shape index (κ1) is 15.4. The van der Waals surface area contributed by atoms with Crippen molar-refractivity contribution in [3.8, 4) is 0 Å². The molecular formula is C16H22N2O3. The topological polar surface area (TPSA) is 83.6 Å². The van der Waals surface area contributed by atoms with Gasteiger partial charge in [-0.05, 0) is 51.3 Å². The molecule has 0 aromatic heterocycles. The smallest absolute Gasteiger partial charge is 0.329 e. The molecule has 1 amide bonds. The van der Waals surface area contributed by atoms with Crippen molar-refractivity contribution in [2.75, 3.05) is 12.3 Å². The molecule has 0 atom stereocenters. The summed E-state index contributed by atoms with van der Waals surface area (Å²) in [4.78, 5) is 25.8. The van der Waals surface area contributed by atoms with Crippen molar-refractivity contribution in [2.24, 2.45) is 0 Å². The third kappa shape index (κ3) is 2.48. The molecular weight excluding hydrogens is 268 g/mol. The van der Waals surface area contributed by atoms with Gasteiger partial charge in [-0.3, -0.25) is 4.79 Å². The lowest BCUT2D eigenvalue weighted by atomic mass is 9.91. The number of amides is 1. The quantitative estimate of drug-likeness (QED) is 0.813. The zero-order valence-electron chi connectivity index (χ0n) is 12.7. The van der Waals surface area contributed by atoms with Crippen molar-refractivity contribution >= 4 is 17.6 Å². The Labute approximate surface area is 124 Å². The van der Waals surface area contributed by atoms with E-state index in [0.717, 1.165) is 18.4 Å². The summed E-state index contributed by atoms with van der Waals surface area (Å²) in [6.45, 7) is 5.31. The number of rotatable bonds is 5. The first-order valence-electron chi connectivity index (χ1n) is 7.17. The largest absolute Gasteiger partial charge is 0.480 e. The molecule has 1 aliphatic carbocycles. The predicted molar refractivity (Wildman–Crippen MR) is 80.9 cm³/mol. The highest BCUT2D eigenvalue weighted by Gasteiger charge is 2.55. The summed E-state index contributed by atoms with van der Waals surface area (Å²) >= 11 is 0. The van der Waals surface area contributed by atoms with Gasteiger partial charge in [0.1, 0.15) is 5.54 Å². The molecule has 0 unspecified atom stereocenters. The number of benzene rings is 1. The Bertz CT molecular complexity index is 559. The van der Waals surface area contributed by atoms with Crippen LogP contribution in [0.2, 0.25) is 0 Å². The van der Waals surface area contributed by atoms with E-state index in [1.165, 1.54) is 4.90 Å². The first-order valence-corrected chi connectivity index (χ1v) is 7.17. The van der Waals surface area contributed by atoms with Gasteiger partial charge in [0.25, 0.3) is 0 Å². The van der Waals surface area contributed by atoms with E-state index in [1.807, 2.05) is 19.1 Å². The van der Waals surface area contributed by atoms with Gasteiger partial charge >= 0.3 is 5.97 Å². The number of nitrogens with two attached hydrogens (primary N) is 1. The molecule has 5 nitrogen and oxygen atoms in total. The highest BCUT2D eigenvalue weighted by Crippen LogP contribution is 2.50. The van der Waals surface area contributed by atoms with Crippen LogP contribution >= 0.6 is 0 Å². The van der Waals surface area contributed by atoms with Crippen molar-refractivity contribution in [1.82, 2.24) is 4.90 Å². The molecule has 1 aromatic carbocycles. The Morgan fingerprint density at radius 3 is 2.19 bits per heavy atom. The number of nitrogen functional groups attached to an aromatic ring is 1. The van der Waals surface area contributed by atoms with Gasteiger partial charge in [-0.15, -0.1) is 0 Å². The summed E-state index contributed by atoms with van der Waals surface area (Å²) in [7, 11) is 0. The Hall–Kier alpha value is -2.04. The molecule has 0 radical (unpaired) electrons. The van der Waals surface area contributed by atoms with Crippen LogP contribution < -0.4 is 5.73 Å². The van der Waals surface area contributed by atoms with Crippen LogP contribution in [0.4, 0.5) is 5.69 Å². The molecule has 1 saturated carbocycles. The number of hydrogen-bond donors (Lipinski definition) is 2. The van der Waals surface area contributed by atoms with Crippen molar-refractivity contribution in [1.29, 1.82) is 0 Å². The van der Waals surface area contributed by atoms with Crippen LogP contribution in [0.25, 0.3) is 0 Å². The van der Waals surface area contributed by atoms with Crippen LogP contribution in [0.15, 0.2) is 24.3 Å². The van der Waals surface area contributed by atoms with E-state index in [9.17, 15) is 14.7 Å². The second kappa shape index (κ2) is 5.06. The average molecular weight is 290 g/mol. The number of anilines is 1. The normalized spacial score (nSPS) is 16.3. The van der Waals surface area contributed by atoms with E-state index in [0.29, 0.717) is 12.2 Å². The van der Waals surface area contributed by atoms with E-state index in [4.69, 9.17) is 5.73 Å². The van der Waals surface area contributed by atoms with Crippen molar-refractivity contribution in [3.05, 3.63) is 29.8 Å². The van der Waals surface area contributed by atoms with Crippen LogP contribution in [0.3, 0.4) is 0 Å². The second-order valence-corrected chi connectivity index (χ2v) is 6.12. The fourth-order valence-electron chi connectivity index (χ4n) is 2.72. The lowest BCUT2D eigenvalue weighted by Crippen LogP contribution is -2.55. The van der Waals surface area contributed by atoms with Crippen LogP contribution in [-0.4, -0.2) is 34.0 Å². The highest BCUT2D eigenvalue weighted by molar-refractivity contribution is 5.95. The van der Waals surface area contributed by atoms with Gasteiger partial charge in [-0.1, -0.05) is 12.1 Å². The Balaban J connectivity index is 2.34. The monoisotopic (exact) mass is 290 g/mol. The van der Waals surface area contributed by atoms with E-state index in [2.05, 4.69) is 0 Å². The minimum Gasteiger partial charge on any atom is -0.480 e. The number of hydrogen-bond acceptors (Lipinski definition) is 3. The van der Waals surface area contributed by atoms with Crippen LogP contribution in [0.5, 0.6) is 0 Å². The second-order valence-electron chi connectivity index (χ2n) is 6.12. The fourth-order valence-corrected chi connectivity index (χ4v) is 2.72. The summed E-state index contributed by atoms with van der Waals surface area (Å²) in [6.07, 6.45) is 1.50. The van der Waals surface area contributed by atoms with Gasteiger partial charge in [0.2, 0.25) is 5.91 Å². The van der Waals surface area contributed by atoms with Crippen LogP contribution in [-0.2, 0) is 15.0 Å². The minimum absolute atomic E-state index is 0.109. The number of carboxylic acid groups (broad SMARTS) is 1. The van der Waals surface area contributed by atoms with Gasteiger partial charge in [-0.25, -0.2) is 4.79 Å². The number of likely N-dealkylation sites (N-methyl/N-ethyl adjacent to an activating group) is 1. The first-order chi connectivity index (χ1) is 9.75. The molecule has 1 aromatic rings. The maximum atomic E-state index is 12.9. The Morgan fingerprint density at radius 2 is 1.81 bits per heavy atom. The van der Waals surface area contributed by atoms with E-state index in [1.54, 1.807) is 26.0 Å². The molecule has 0 spiro atoms. The number of carbonyl (C=O) groups excluding carboxylic acids is 1. The van der Waals surface area contributed by atoms with E-state index in [-0.39, 0.29) is 5.91 Å². The van der Waals surface area contributed by atoms with Gasteiger partial charge in [0, 0.05) is 12.2 Å². The molecule has 0 saturated heterocycles. The predicted octanol–water partition coefficient (Wildman–Crippen LogP) is 2.01. The molecule has 5 heteroatoms. The maximum Gasteiger partial charge on any atom is 0.329 e. The van der Waals surface area contributed by atoms with Crippen molar-refractivity contribution in [2.45, 2.75) is 44.6 Å². The van der Waals surface area contributed by atoms with Gasteiger partial charge in [0.05, 0.1) is 5.41 Å². The molecule has 0 bridgehead atoms. The number of nitrogens with zero attached hydrogens (tertiary/aromatic N) is 1. The number of carboxylic acids is 1. The van der Waals surface area contributed by atoms with Crippen molar-refractivity contribution < 1.29 is 14.7 Å². The molecule has 3 N–H and O–H groups in total. The van der Waals surface area contributed by atoms with Crippen molar-refractivity contribution in [3.63, 3.8) is 0 Å². The standard InChI is InChI=1S/C16H22N2O3/c1-4-18(15(2,3)14(20)21)13(19)16(9-10-16)11-5-7-12(17)8-6-11/h5-8H,4,9-10,17H2,1-3H3,(H,20,21). The fraction of sp³-hybridized carbons (Fsp3) is 0.500. The molecule has 1 aliphatic rings. The summed E-state index contributed by atoms with van der Waals surface area (Å²) in [5, 5.41) is 9.37. The highest BCUT2D eigenvalue weighted by atomic mass is 16.4. The molecule has 114 valence electrons. The Morgan fingerprint density at radius 1 is 1.29 bits per heavy atom. The molecule has 21 heavy (non-hydrogen) atoms.